The van der Waals surface area contributed by atoms with Crippen LogP contribution in [0.4, 0.5) is 0 Å². The van der Waals surface area contributed by atoms with E-state index in [0.717, 1.165) is 6.54 Å². The molecule has 98 valence electrons. The lowest BCUT2D eigenvalue weighted by molar-refractivity contribution is -0.0136. The van der Waals surface area contributed by atoms with Crippen molar-refractivity contribution in [3.63, 3.8) is 0 Å². The van der Waals surface area contributed by atoms with E-state index in [0.29, 0.717) is 6.61 Å². The average Bonchev–Trinajstić information content (AvgIpc) is 2.57. The summed E-state index contributed by atoms with van der Waals surface area (Å²) < 4.78 is 5.76. The lowest BCUT2D eigenvalue weighted by Gasteiger charge is -2.20. The first-order valence-corrected chi connectivity index (χ1v) is 6.94. The molecule has 2 nitrogen and oxygen atoms in total. The second kappa shape index (κ2) is 5.51. The molecule has 0 aromatic carbocycles. The number of hydrogen-bond donors (Lipinski definition) is 1. The minimum Gasteiger partial charge on any atom is -0.370 e. The molecule has 1 aromatic heterocycles. The zero-order valence-electron chi connectivity index (χ0n) is 11.9. The van der Waals surface area contributed by atoms with Gasteiger partial charge in [0.1, 0.15) is 0 Å². The summed E-state index contributed by atoms with van der Waals surface area (Å²) in [4.78, 5) is 2.66. The van der Waals surface area contributed by atoms with Crippen molar-refractivity contribution >= 4 is 11.3 Å². The van der Waals surface area contributed by atoms with Crippen LogP contribution >= 0.6 is 11.3 Å². The molecule has 1 heterocycles. The van der Waals surface area contributed by atoms with Gasteiger partial charge in [0, 0.05) is 21.8 Å². The number of rotatable bonds is 4. The molecule has 17 heavy (non-hydrogen) atoms. The molecule has 1 aromatic rings. The summed E-state index contributed by atoms with van der Waals surface area (Å²) in [5, 5.41) is 3.49. The fourth-order valence-corrected chi connectivity index (χ4v) is 2.11. The highest BCUT2D eigenvalue weighted by atomic mass is 32.1. The van der Waals surface area contributed by atoms with E-state index in [1.807, 2.05) is 11.3 Å². The van der Waals surface area contributed by atoms with Gasteiger partial charge in [-0.05, 0) is 53.7 Å². The molecule has 0 aliphatic heterocycles. The van der Waals surface area contributed by atoms with E-state index in [-0.39, 0.29) is 11.1 Å². The Labute approximate surface area is 109 Å². The highest BCUT2D eigenvalue weighted by Gasteiger charge is 2.12. The van der Waals surface area contributed by atoms with E-state index < -0.39 is 0 Å². The number of thiophene rings is 1. The fourth-order valence-electron chi connectivity index (χ4n) is 1.23. The molecule has 0 aliphatic rings. The second-order valence-electron chi connectivity index (χ2n) is 6.37. The zero-order valence-corrected chi connectivity index (χ0v) is 12.7. The Balaban J connectivity index is 2.43. The molecule has 0 spiro atoms. The predicted molar refractivity (Wildman–Crippen MR) is 75.5 cm³/mol. The van der Waals surface area contributed by atoms with Gasteiger partial charge in [-0.1, -0.05) is 0 Å². The van der Waals surface area contributed by atoms with Crippen LogP contribution in [-0.2, 0) is 17.9 Å². The smallest absolute Gasteiger partial charge is 0.0816 e. The molecule has 0 radical (unpaired) electrons. The minimum absolute atomic E-state index is 0.0617. The summed E-state index contributed by atoms with van der Waals surface area (Å²) in [6, 6.07) is 4.35. The summed E-state index contributed by atoms with van der Waals surface area (Å²) in [6.07, 6.45) is 0. The Morgan fingerprint density at radius 2 is 1.65 bits per heavy atom. The van der Waals surface area contributed by atoms with Crippen LogP contribution in [0.5, 0.6) is 0 Å². The molecule has 0 saturated carbocycles. The molecule has 0 saturated heterocycles. The summed E-state index contributed by atoms with van der Waals surface area (Å²) in [5.41, 5.74) is 0.111. The van der Waals surface area contributed by atoms with Crippen LogP contribution in [0.1, 0.15) is 51.3 Å². The quantitative estimate of drug-likeness (QED) is 0.879. The first-order chi connectivity index (χ1) is 7.66. The number of ether oxygens (including phenoxy) is 1. The Morgan fingerprint density at radius 3 is 2.18 bits per heavy atom. The summed E-state index contributed by atoms with van der Waals surface area (Å²) >= 11 is 1.83. The molecule has 0 aliphatic carbocycles. The summed E-state index contributed by atoms with van der Waals surface area (Å²) in [5.74, 6) is 0. The topological polar surface area (TPSA) is 21.3 Å². The molecule has 0 atom stereocenters. The van der Waals surface area contributed by atoms with Crippen molar-refractivity contribution in [3.8, 4) is 0 Å². The summed E-state index contributed by atoms with van der Waals surface area (Å²) in [6.45, 7) is 14.5. The highest BCUT2D eigenvalue weighted by molar-refractivity contribution is 7.11. The van der Waals surface area contributed by atoms with Crippen LogP contribution in [0, 0.1) is 0 Å². The molecule has 0 bridgehead atoms. The normalized spacial score (nSPS) is 13.1. The first-order valence-electron chi connectivity index (χ1n) is 6.12. The van der Waals surface area contributed by atoms with Crippen LogP contribution in [-0.4, -0.2) is 11.1 Å². The zero-order chi connectivity index (χ0) is 13.1. The Bertz CT molecular complexity index is 311. The molecular weight excluding hydrogens is 230 g/mol. The largest absolute Gasteiger partial charge is 0.370 e. The van der Waals surface area contributed by atoms with E-state index in [9.17, 15) is 0 Å². The van der Waals surface area contributed by atoms with Gasteiger partial charge in [-0.15, -0.1) is 11.3 Å². The van der Waals surface area contributed by atoms with Crippen LogP contribution in [0.25, 0.3) is 0 Å². The molecule has 3 heteroatoms. The van der Waals surface area contributed by atoms with Gasteiger partial charge < -0.3 is 10.1 Å². The van der Waals surface area contributed by atoms with Gasteiger partial charge in [0.15, 0.2) is 0 Å². The Morgan fingerprint density at radius 1 is 1.06 bits per heavy atom. The standard InChI is InChI=1S/C14H25NOS/c1-13(2,3)15-9-11-7-8-12(17-11)10-16-14(4,5)6/h7-8,15H,9-10H2,1-6H3. The summed E-state index contributed by atoms with van der Waals surface area (Å²) in [7, 11) is 0. The van der Waals surface area contributed by atoms with E-state index in [1.54, 1.807) is 0 Å². The van der Waals surface area contributed by atoms with Crippen LogP contribution in [0.15, 0.2) is 12.1 Å². The molecular formula is C14H25NOS. The van der Waals surface area contributed by atoms with Crippen LogP contribution in [0.3, 0.4) is 0 Å². The van der Waals surface area contributed by atoms with Gasteiger partial charge in [-0.3, -0.25) is 0 Å². The molecule has 1 N–H and O–H groups in total. The van der Waals surface area contributed by atoms with Gasteiger partial charge in [-0.25, -0.2) is 0 Å². The van der Waals surface area contributed by atoms with Gasteiger partial charge in [-0.2, -0.15) is 0 Å². The maximum absolute atomic E-state index is 5.76. The van der Waals surface area contributed by atoms with E-state index >= 15 is 0 Å². The first kappa shape index (κ1) is 14.7. The lowest BCUT2D eigenvalue weighted by atomic mass is 10.1. The van der Waals surface area contributed by atoms with Crippen LogP contribution in [0.2, 0.25) is 0 Å². The average molecular weight is 255 g/mol. The predicted octanol–water partition coefficient (Wildman–Crippen LogP) is 3.95. The monoisotopic (exact) mass is 255 g/mol. The minimum atomic E-state index is -0.0617. The van der Waals surface area contributed by atoms with Gasteiger partial charge >= 0.3 is 0 Å². The van der Waals surface area contributed by atoms with Crippen molar-refractivity contribution in [2.75, 3.05) is 0 Å². The van der Waals surface area contributed by atoms with Gasteiger partial charge in [0.2, 0.25) is 0 Å². The maximum atomic E-state index is 5.76. The molecule has 1 rings (SSSR count). The molecule has 0 amide bonds. The van der Waals surface area contributed by atoms with E-state index in [1.165, 1.54) is 9.75 Å². The van der Waals surface area contributed by atoms with Crippen molar-refractivity contribution in [1.29, 1.82) is 0 Å². The third kappa shape index (κ3) is 6.81. The van der Waals surface area contributed by atoms with Crippen molar-refractivity contribution < 1.29 is 4.74 Å². The van der Waals surface area contributed by atoms with E-state index in [2.05, 4.69) is 59.0 Å². The van der Waals surface area contributed by atoms with Gasteiger partial charge in [0.25, 0.3) is 0 Å². The third-order valence-corrected chi connectivity index (χ3v) is 3.22. The van der Waals surface area contributed by atoms with Crippen molar-refractivity contribution in [1.82, 2.24) is 5.32 Å². The number of nitrogens with one attached hydrogen (secondary N) is 1. The molecule has 0 unspecified atom stereocenters. The van der Waals surface area contributed by atoms with Gasteiger partial charge in [0.05, 0.1) is 12.2 Å². The third-order valence-electron chi connectivity index (χ3n) is 2.16. The SMILES string of the molecule is CC(C)(C)NCc1ccc(COC(C)(C)C)s1. The number of hydrogen-bond acceptors (Lipinski definition) is 3. The molecule has 0 fully saturated rings. The lowest BCUT2D eigenvalue weighted by Crippen LogP contribution is -2.34. The highest BCUT2D eigenvalue weighted by Crippen LogP contribution is 2.20. The van der Waals surface area contributed by atoms with Crippen molar-refractivity contribution in [3.05, 3.63) is 21.9 Å². The maximum Gasteiger partial charge on any atom is 0.0816 e. The van der Waals surface area contributed by atoms with Crippen LogP contribution < -0.4 is 5.32 Å². The fraction of sp³-hybridized carbons (Fsp3) is 0.714. The van der Waals surface area contributed by atoms with Crippen molar-refractivity contribution in [2.24, 2.45) is 0 Å². The van der Waals surface area contributed by atoms with Crippen molar-refractivity contribution in [2.45, 2.75) is 65.8 Å². The van der Waals surface area contributed by atoms with E-state index in [4.69, 9.17) is 4.74 Å². The second-order valence-corrected chi connectivity index (χ2v) is 7.63. The Hall–Kier alpha value is -0.380. The Kier molecular flexibility index (Phi) is 4.76.